The highest BCUT2D eigenvalue weighted by atomic mass is 32.2. The fourth-order valence-corrected chi connectivity index (χ4v) is 7.97. The van der Waals surface area contributed by atoms with E-state index in [1.165, 1.54) is 5.56 Å². The van der Waals surface area contributed by atoms with Gasteiger partial charge >= 0.3 is 0 Å². The Morgan fingerprint density at radius 2 is 1.74 bits per heavy atom. The second kappa shape index (κ2) is 12.7. The summed E-state index contributed by atoms with van der Waals surface area (Å²) in [6, 6.07) is 26.7. The Balaban J connectivity index is 1.17. The Morgan fingerprint density at radius 3 is 2.50 bits per heavy atom. The van der Waals surface area contributed by atoms with Crippen LogP contribution in [0.3, 0.4) is 0 Å². The molecule has 3 aliphatic rings. The van der Waals surface area contributed by atoms with Gasteiger partial charge in [0.1, 0.15) is 5.75 Å². The molecular weight excluding hydrogens is 542 g/mol. The van der Waals surface area contributed by atoms with Crippen molar-refractivity contribution in [2.45, 2.75) is 44.0 Å². The molecule has 1 saturated carbocycles. The molecule has 6 nitrogen and oxygen atoms in total. The van der Waals surface area contributed by atoms with Gasteiger partial charge in [-0.25, -0.2) is 0 Å². The van der Waals surface area contributed by atoms with Crippen molar-refractivity contribution in [3.05, 3.63) is 100 Å². The number of carbonyl (C=O) groups is 2. The number of ether oxygens (including phenoxy) is 1. The zero-order valence-corrected chi connectivity index (χ0v) is 25.3. The molecule has 218 valence electrons. The summed E-state index contributed by atoms with van der Waals surface area (Å²) >= 11 is 1.71. The summed E-state index contributed by atoms with van der Waals surface area (Å²) in [5.74, 6) is 1.12. The normalized spacial score (nSPS) is 23.6. The lowest BCUT2D eigenvalue weighted by atomic mass is 9.83. The first-order valence-corrected chi connectivity index (χ1v) is 15.8. The molecule has 3 aromatic carbocycles. The number of anilines is 1. The molecule has 6 rings (SSSR count). The first-order chi connectivity index (χ1) is 20.5. The van der Waals surface area contributed by atoms with Crippen molar-refractivity contribution in [2.75, 3.05) is 38.2 Å². The molecule has 7 heteroatoms. The average Bonchev–Trinajstić information content (AvgIpc) is 3.03. The highest BCUT2D eigenvalue weighted by molar-refractivity contribution is 8.04. The molecule has 0 N–H and O–H groups in total. The fraction of sp³-hybridized carbons (Fsp3) is 0.371. The SMILES string of the molecule is COc1cccc(N2CCN(C(=O)C3CCC4S/C(=C\c5ccccc5)C(=O)N(Cc5cccc(C)c5)C4C3)CC2)c1. The number of hydrogen-bond donors (Lipinski definition) is 0. The van der Waals surface area contributed by atoms with Gasteiger partial charge in [0.25, 0.3) is 5.91 Å². The quantitative estimate of drug-likeness (QED) is 0.334. The minimum absolute atomic E-state index is 0.0386. The van der Waals surface area contributed by atoms with E-state index in [2.05, 4.69) is 53.1 Å². The van der Waals surface area contributed by atoms with Gasteiger partial charge in [0.15, 0.2) is 0 Å². The number of amides is 2. The lowest BCUT2D eigenvalue weighted by Crippen LogP contribution is -2.55. The number of carbonyl (C=O) groups excluding carboxylic acids is 2. The summed E-state index contributed by atoms with van der Waals surface area (Å²) in [5, 5.41) is 0.288. The summed E-state index contributed by atoms with van der Waals surface area (Å²) in [4.78, 5) is 35.1. The third-order valence-corrected chi connectivity index (χ3v) is 10.2. The average molecular weight is 582 g/mol. The summed E-state index contributed by atoms with van der Waals surface area (Å²) in [5.41, 5.74) is 4.49. The summed E-state index contributed by atoms with van der Waals surface area (Å²) in [6.45, 7) is 5.69. The van der Waals surface area contributed by atoms with Gasteiger partial charge in [-0.15, -0.1) is 11.8 Å². The van der Waals surface area contributed by atoms with Crippen LogP contribution >= 0.6 is 11.8 Å². The molecular formula is C35H39N3O3S. The molecule has 3 atom stereocenters. The maximum absolute atomic E-state index is 14.0. The van der Waals surface area contributed by atoms with Crippen molar-refractivity contribution in [2.24, 2.45) is 5.92 Å². The van der Waals surface area contributed by atoms with E-state index in [-0.39, 0.29) is 29.0 Å². The largest absolute Gasteiger partial charge is 0.497 e. The van der Waals surface area contributed by atoms with Gasteiger partial charge in [0.05, 0.1) is 12.0 Å². The van der Waals surface area contributed by atoms with Gasteiger partial charge in [-0.1, -0.05) is 66.2 Å². The van der Waals surface area contributed by atoms with E-state index < -0.39 is 0 Å². The van der Waals surface area contributed by atoms with Crippen LogP contribution in [0.25, 0.3) is 6.08 Å². The maximum atomic E-state index is 14.0. The Labute approximate surface area is 253 Å². The first-order valence-electron chi connectivity index (χ1n) is 15.0. The molecule has 3 fully saturated rings. The smallest absolute Gasteiger partial charge is 0.260 e. The van der Waals surface area contributed by atoms with Crippen LogP contribution in [0.2, 0.25) is 0 Å². The van der Waals surface area contributed by atoms with E-state index in [0.717, 1.165) is 59.8 Å². The Kier molecular flexibility index (Phi) is 8.56. The lowest BCUT2D eigenvalue weighted by molar-refractivity contribution is -0.140. The van der Waals surface area contributed by atoms with Gasteiger partial charge in [-0.3, -0.25) is 9.59 Å². The number of piperazine rings is 1. The van der Waals surface area contributed by atoms with E-state index in [1.54, 1.807) is 18.9 Å². The fourth-order valence-electron chi connectivity index (χ4n) is 6.56. The van der Waals surface area contributed by atoms with E-state index in [0.29, 0.717) is 19.6 Å². The second-order valence-electron chi connectivity index (χ2n) is 11.6. The predicted octanol–water partition coefficient (Wildman–Crippen LogP) is 6.01. The first kappa shape index (κ1) is 28.4. The van der Waals surface area contributed by atoms with Crippen molar-refractivity contribution >= 4 is 35.3 Å². The Morgan fingerprint density at radius 1 is 0.952 bits per heavy atom. The van der Waals surface area contributed by atoms with Gasteiger partial charge in [-0.2, -0.15) is 0 Å². The van der Waals surface area contributed by atoms with Crippen LogP contribution in [0.15, 0.2) is 83.8 Å². The number of nitrogens with zero attached hydrogens (tertiary/aromatic N) is 3. The van der Waals surface area contributed by atoms with Crippen LogP contribution in [0.5, 0.6) is 5.75 Å². The molecule has 0 aromatic heterocycles. The number of hydrogen-bond acceptors (Lipinski definition) is 5. The summed E-state index contributed by atoms with van der Waals surface area (Å²) < 4.78 is 5.40. The monoisotopic (exact) mass is 581 g/mol. The minimum atomic E-state index is -0.0531. The topological polar surface area (TPSA) is 53.1 Å². The van der Waals surface area contributed by atoms with Crippen LogP contribution in [0.4, 0.5) is 5.69 Å². The zero-order valence-electron chi connectivity index (χ0n) is 24.4. The van der Waals surface area contributed by atoms with E-state index in [1.807, 2.05) is 53.4 Å². The molecule has 0 bridgehead atoms. The van der Waals surface area contributed by atoms with Crippen molar-refractivity contribution in [1.82, 2.24) is 9.80 Å². The summed E-state index contributed by atoms with van der Waals surface area (Å²) in [6.07, 6.45) is 4.56. The van der Waals surface area contributed by atoms with Crippen molar-refractivity contribution < 1.29 is 14.3 Å². The van der Waals surface area contributed by atoms with E-state index in [9.17, 15) is 9.59 Å². The number of thioether (sulfide) groups is 1. The van der Waals surface area contributed by atoms with E-state index in [4.69, 9.17) is 4.74 Å². The third-order valence-electron chi connectivity index (χ3n) is 8.80. The van der Waals surface area contributed by atoms with Crippen LogP contribution in [0.1, 0.15) is 36.0 Å². The summed E-state index contributed by atoms with van der Waals surface area (Å²) in [7, 11) is 1.69. The van der Waals surface area contributed by atoms with Crippen molar-refractivity contribution in [3.8, 4) is 5.75 Å². The molecule has 0 radical (unpaired) electrons. The van der Waals surface area contributed by atoms with Gasteiger partial charge in [-0.05, 0) is 55.5 Å². The standard InChI is InChI=1S/C35H39N3O3S/c1-25-8-6-11-27(20-25)24-38-31-22-28(14-15-32(31)42-33(35(38)40)21-26-9-4-3-5-10-26)34(39)37-18-16-36(17-19-37)29-12-7-13-30(23-29)41-2/h3-13,20-21,23,28,31-32H,14-19,22,24H2,1-2H3/b33-21-. The van der Waals surface area contributed by atoms with Gasteiger partial charge in [0.2, 0.25) is 5.91 Å². The number of methoxy groups -OCH3 is 1. The number of aryl methyl sites for hydroxylation is 1. The van der Waals surface area contributed by atoms with Crippen molar-refractivity contribution in [3.63, 3.8) is 0 Å². The van der Waals surface area contributed by atoms with Crippen LogP contribution in [-0.2, 0) is 16.1 Å². The molecule has 2 saturated heterocycles. The Hall–Kier alpha value is -3.71. The molecule has 3 aromatic rings. The highest BCUT2D eigenvalue weighted by Gasteiger charge is 2.45. The predicted molar refractivity (Wildman–Crippen MR) is 170 cm³/mol. The lowest BCUT2D eigenvalue weighted by Gasteiger charge is -2.47. The minimum Gasteiger partial charge on any atom is -0.497 e. The van der Waals surface area contributed by atoms with Crippen molar-refractivity contribution in [1.29, 1.82) is 0 Å². The van der Waals surface area contributed by atoms with E-state index >= 15 is 0 Å². The molecule has 42 heavy (non-hydrogen) atoms. The second-order valence-corrected chi connectivity index (χ2v) is 12.9. The molecule has 3 unspecified atom stereocenters. The molecule has 0 spiro atoms. The van der Waals surface area contributed by atoms with Crippen LogP contribution in [0, 0.1) is 12.8 Å². The molecule has 1 aliphatic carbocycles. The highest BCUT2D eigenvalue weighted by Crippen LogP contribution is 2.45. The van der Waals surface area contributed by atoms with Gasteiger partial charge < -0.3 is 19.4 Å². The Bertz CT molecular complexity index is 1450. The number of rotatable bonds is 6. The maximum Gasteiger partial charge on any atom is 0.260 e. The zero-order chi connectivity index (χ0) is 29.1. The third kappa shape index (κ3) is 6.21. The van der Waals surface area contributed by atoms with Crippen LogP contribution < -0.4 is 9.64 Å². The number of benzene rings is 3. The molecule has 2 aliphatic heterocycles. The molecule has 2 amide bonds. The van der Waals surface area contributed by atoms with Crippen LogP contribution in [-0.4, -0.2) is 66.2 Å². The van der Waals surface area contributed by atoms with Gasteiger partial charge in [0, 0.05) is 61.7 Å². The molecule has 2 heterocycles. The number of fused-ring (bicyclic) bond motifs is 1.